The van der Waals surface area contributed by atoms with Gasteiger partial charge in [0.1, 0.15) is 5.75 Å². The van der Waals surface area contributed by atoms with Crippen LogP contribution in [0.15, 0.2) is 24.3 Å². The summed E-state index contributed by atoms with van der Waals surface area (Å²) in [5, 5.41) is 3.79. The molecule has 2 N–H and O–H groups in total. The first kappa shape index (κ1) is 21.6. The van der Waals surface area contributed by atoms with Crippen LogP contribution in [0.2, 0.25) is 0 Å². The van der Waals surface area contributed by atoms with E-state index in [-0.39, 0.29) is 13.2 Å². The third-order valence-electron chi connectivity index (χ3n) is 3.24. The van der Waals surface area contributed by atoms with Crippen molar-refractivity contribution in [2.45, 2.75) is 32.3 Å². The second-order valence-electron chi connectivity index (χ2n) is 4.95. The van der Waals surface area contributed by atoms with Gasteiger partial charge in [0.15, 0.2) is 0 Å². The molecule has 0 unspecified atom stereocenters. The topological polar surface area (TPSA) is 85.9 Å². The molecule has 0 bridgehead atoms. The number of carbonyl (C=O) groups is 2. The van der Waals surface area contributed by atoms with E-state index < -0.39 is 30.5 Å². The first-order valence-corrected chi connectivity index (χ1v) is 7.77. The van der Waals surface area contributed by atoms with E-state index in [1.54, 1.807) is 29.6 Å². The Balaban J connectivity index is 2.96. The van der Waals surface area contributed by atoms with Crippen molar-refractivity contribution in [3.8, 4) is 5.75 Å². The molecule has 1 atom stereocenters. The number of carbonyl (C=O) groups excluding carboxylic acids is 2. The molecule has 0 aliphatic heterocycles. The van der Waals surface area contributed by atoms with Crippen LogP contribution in [0, 0.1) is 0 Å². The van der Waals surface area contributed by atoms with E-state index in [9.17, 15) is 22.8 Å². The molecule has 0 fully saturated rings. The van der Waals surface area contributed by atoms with Gasteiger partial charge >= 0.3 is 23.9 Å². The summed E-state index contributed by atoms with van der Waals surface area (Å²) >= 11 is 0. The van der Waals surface area contributed by atoms with Crippen LogP contribution in [0.1, 0.15) is 19.4 Å². The minimum absolute atomic E-state index is 0.126. The standard InChI is InChI=1S/C16H21F3N2O5/c1-4-25-13(22)15(26-5-2,16(17,18)19)21-14(23)20-10-11-8-6-7-9-12(11)24-3/h6-9H,4-5,10H2,1-3H3,(H2,20,21,23)/t15-/m1/s1. The number of hydrogen-bond acceptors (Lipinski definition) is 5. The number of nitrogens with one attached hydrogen (secondary N) is 2. The highest BCUT2D eigenvalue weighted by molar-refractivity contribution is 5.87. The van der Waals surface area contributed by atoms with Crippen molar-refractivity contribution in [1.29, 1.82) is 0 Å². The molecule has 10 heteroatoms. The van der Waals surface area contributed by atoms with Gasteiger partial charge in [-0.3, -0.25) is 5.32 Å². The summed E-state index contributed by atoms with van der Waals surface area (Å²) in [4.78, 5) is 23.9. The van der Waals surface area contributed by atoms with Crippen LogP contribution in [-0.2, 0) is 20.8 Å². The van der Waals surface area contributed by atoms with E-state index in [0.717, 1.165) is 0 Å². The van der Waals surface area contributed by atoms with Crippen LogP contribution in [0.4, 0.5) is 18.0 Å². The predicted molar refractivity (Wildman–Crippen MR) is 85.4 cm³/mol. The van der Waals surface area contributed by atoms with Gasteiger partial charge in [-0.15, -0.1) is 0 Å². The predicted octanol–water partition coefficient (Wildman–Crippen LogP) is 2.35. The molecule has 0 aromatic heterocycles. The van der Waals surface area contributed by atoms with Crippen molar-refractivity contribution in [1.82, 2.24) is 10.6 Å². The third-order valence-corrected chi connectivity index (χ3v) is 3.24. The average molecular weight is 378 g/mol. The van der Waals surface area contributed by atoms with E-state index in [4.69, 9.17) is 4.74 Å². The van der Waals surface area contributed by atoms with Gasteiger partial charge in [0, 0.05) is 18.7 Å². The first-order valence-electron chi connectivity index (χ1n) is 7.77. The SMILES string of the molecule is CCOC(=O)[C@@](NC(=O)NCc1ccccc1OC)(OCC)C(F)(F)F. The number of hydrogen-bond donors (Lipinski definition) is 2. The lowest BCUT2D eigenvalue weighted by atomic mass is 10.2. The van der Waals surface area contributed by atoms with E-state index >= 15 is 0 Å². The molecule has 1 aromatic carbocycles. The molecule has 1 aromatic rings. The number of benzene rings is 1. The first-order chi connectivity index (χ1) is 12.2. The normalized spacial score (nSPS) is 13.5. The molecular formula is C16H21F3N2O5. The van der Waals surface area contributed by atoms with Crippen LogP contribution >= 0.6 is 0 Å². The van der Waals surface area contributed by atoms with Crippen LogP contribution in [0.25, 0.3) is 0 Å². The zero-order chi connectivity index (χ0) is 19.8. The van der Waals surface area contributed by atoms with Gasteiger partial charge in [-0.05, 0) is 19.9 Å². The molecule has 146 valence electrons. The van der Waals surface area contributed by atoms with Gasteiger partial charge in [-0.25, -0.2) is 9.59 Å². The van der Waals surface area contributed by atoms with Crippen LogP contribution < -0.4 is 15.4 Å². The molecule has 1 rings (SSSR count). The largest absolute Gasteiger partial charge is 0.496 e. The minimum atomic E-state index is -5.23. The zero-order valence-electron chi connectivity index (χ0n) is 14.6. The number of ether oxygens (including phenoxy) is 3. The Labute approximate surface area is 148 Å². The molecule has 0 saturated heterocycles. The van der Waals surface area contributed by atoms with Crippen molar-refractivity contribution < 1.29 is 37.0 Å². The number of methoxy groups -OCH3 is 1. The van der Waals surface area contributed by atoms with Gasteiger partial charge in [-0.1, -0.05) is 18.2 Å². The molecule has 0 heterocycles. The van der Waals surface area contributed by atoms with E-state index in [1.165, 1.54) is 21.0 Å². The fraction of sp³-hybridized carbons (Fsp3) is 0.500. The summed E-state index contributed by atoms with van der Waals surface area (Å²) < 4.78 is 54.6. The van der Waals surface area contributed by atoms with Gasteiger partial charge in [0.25, 0.3) is 0 Å². The minimum Gasteiger partial charge on any atom is -0.496 e. The lowest BCUT2D eigenvalue weighted by Crippen LogP contribution is -2.67. The molecule has 0 aliphatic rings. The average Bonchev–Trinajstić information content (AvgIpc) is 2.58. The number of amides is 2. The second kappa shape index (κ2) is 9.27. The highest BCUT2D eigenvalue weighted by Gasteiger charge is 2.64. The third kappa shape index (κ3) is 5.01. The molecule has 0 radical (unpaired) electrons. The Morgan fingerprint density at radius 2 is 1.77 bits per heavy atom. The Hall–Kier alpha value is -2.49. The van der Waals surface area contributed by atoms with Crippen molar-refractivity contribution in [2.75, 3.05) is 20.3 Å². The molecule has 2 amide bonds. The summed E-state index contributed by atoms with van der Waals surface area (Å²) in [6.45, 7) is 1.68. The quantitative estimate of drug-likeness (QED) is 0.536. The zero-order valence-corrected chi connectivity index (χ0v) is 14.6. The molecule has 26 heavy (non-hydrogen) atoms. The summed E-state index contributed by atoms with van der Waals surface area (Å²) in [6.07, 6.45) is -5.23. The van der Waals surface area contributed by atoms with E-state index in [0.29, 0.717) is 11.3 Å². The van der Waals surface area contributed by atoms with E-state index in [1.807, 2.05) is 0 Å². The number of esters is 1. The highest BCUT2D eigenvalue weighted by Crippen LogP contribution is 2.33. The van der Waals surface area contributed by atoms with Gasteiger partial charge in [0.05, 0.1) is 13.7 Å². The van der Waals surface area contributed by atoms with Gasteiger partial charge in [0.2, 0.25) is 0 Å². The van der Waals surface area contributed by atoms with Gasteiger partial charge < -0.3 is 19.5 Å². The number of para-hydroxylation sites is 1. The maximum atomic E-state index is 13.5. The summed E-state index contributed by atoms with van der Waals surface area (Å²) in [7, 11) is 1.42. The summed E-state index contributed by atoms with van der Waals surface area (Å²) in [5.74, 6) is -1.30. The molecular weight excluding hydrogens is 357 g/mol. The summed E-state index contributed by atoms with van der Waals surface area (Å²) in [6, 6.07) is 5.38. The molecule has 7 nitrogen and oxygen atoms in total. The molecule has 0 spiro atoms. The van der Waals surface area contributed by atoms with Crippen LogP contribution in [0.3, 0.4) is 0 Å². The van der Waals surface area contributed by atoms with Crippen molar-refractivity contribution in [3.05, 3.63) is 29.8 Å². The maximum absolute atomic E-state index is 13.5. The molecule has 0 aliphatic carbocycles. The van der Waals surface area contributed by atoms with Crippen molar-refractivity contribution in [2.24, 2.45) is 0 Å². The van der Waals surface area contributed by atoms with Crippen LogP contribution in [0.5, 0.6) is 5.75 Å². The van der Waals surface area contributed by atoms with E-state index in [2.05, 4.69) is 14.8 Å². The van der Waals surface area contributed by atoms with Crippen LogP contribution in [-0.4, -0.2) is 44.2 Å². The monoisotopic (exact) mass is 378 g/mol. The van der Waals surface area contributed by atoms with Crippen molar-refractivity contribution >= 4 is 12.0 Å². The smallest absolute Gasteiger partial charge is 0.448 e. The Bertz CT molecular complexity index is 624. The Morgan fingerprint density at radius 1 is 1.12 bits per heavy atom. The van der Waals surface area contributed by atoms with Crippen molar-refractivity contribution in [3.63, 3.8) is 0 Å². The highest BCUT2D eigenvalue weighted by atomic mass is 19.4. The maximum Gasteiger partial charge on any atom is 0.448 e. The Kier molecular flexibility index (Phi) is 7.69. The summed E-state index contributed by atoms with van der Waals surface area (Å²) in [5.41, 5.74) is -3.06. The number of urea groups is 1. The lowest BCUT2D eigenvalue weighted by Gasteiger charge is -2.33. The van der Waals surface area contributed by atoms with Gasteiger partial charge in [-0.2, -0.15) is 13.2 Å². The number of alkyl halides is 3. The lowest BCUT2D eigenvalue weighted by molar-refractivity contribution is -0.283. The second-order valence-corrected chi connectivity index (χ2v) is 4.95. The fourth-order valence-corrected chi connectivity index (χ4v) is 2.09. The number of halogens is 3. The fourth-order valence-electron chi connectivity index (χ4n) is 2.09. The molecule has 0 saturated carbocycles. The Morgan fingerprint density at radius 3 is 2.31 bits per heavy atom. The number of rotatable bonds is 8.